The molecular weight excluding hydrogens is 465 g/mol. The fourth-order valence-corrected chi connectivity index (χ4v) is 4.91. The SMILES string of the molecule is O=C1Nc2c(c(=O)[nH]c(=O)n2Cc2ccccc2)[C@@]1(NS(=O)(=O)c1ccccc1)C(F)(F)F. The first-order valence-electron chi connectivity index (χ1n) is 9.36. The molecule has 3 aromatic rings. The molecule has 3 N–H and O–H groups in total. The van der Waals surface area contributed by atoms with Crippen LogP contribution in [0.5, 0.6) is 0 Å². The van der Waals surface area contributed by atoms with Crippen LogP contribution in [0.4, 0.5) is 19.0 Å². The van der Waals surface area contributed by atoms with Crippen LogP contribution in [-0.2, 0) is 26.9 Å². The number of halogens is 3. The van der Waals surface area contributed by atoms with Crippen LogP contribution in [0.25, 0.3) is 0 Å². The third-order valence-electron chi connectivity index (χ3n) is 5.10. The Labute approximate surface area is 183 Å². The van der Waals surface area contributed by atoms with E-state index in [9.17, 15) is 36.0 Å². The topological polar surface area (TPSA) is 130 Å². The number of rotatable bonds is 5. The van der Waals surface area contributed by atoms with E-state index in [1.165, 1.54) is 22.9 Å². The van der Waals surface area contributed by atoms with Gasteiger partial charge in [-0.15, -0.1) is 0 Å². The zero-order chi connectivity index (χ0) is 24.0. The number of anilines is 1. The highest BCUT2D eigenvalue weighted by molar-refractivity contribution is 7.89. The molecule has 0 saturated heterocycles. The third kappa shape index (κ3) is 3.64. The molecule has 33 heavy (non-hydrogen) atoms. The van der Waals surface area contributed by atoms with Crippen LogP contribution in [-0.4, -0.2) is 30.1 Å². The maximum Gasteiger partial charge on any atom is 0.421 e. The van der Waals surface area contributed by atoms with Gasteiger partial charge in [-0.25, -0.2) is 13.2 Å². The molecule has 0 saturated carbocycles. The molecular formula is C20H15F3N4O5S. The van der Waals surface area contributed by atoms with Gasteiger partial charge in [0.25, 0.3) is 11.5 Å². The molecule has 1 amide bonds. The molecule has 13 heteroatoms. The molecule has 0 spiro atoms. The zero-order valence-corrected chi connectivity index (χ0v) is 17.3. The minimum Gasteiger partial charge on any atom is -0.309 e. The molecule has 1 atom stereocenters. The smallest absolute Gasteiger partial charge is 0.309 e. The number of nitrogens with one attached hydrogen (secondary N) is 3. The lowest BCUT2D eigenvalue weighted by molar-refractivity contribution is -0.194. The molecule has 0 fully saturated rings. The Hall–Kier alpha value is -3.71. The molecule has 4 rings (SSSR count). The number of aromatic nitrogens is 2. The number of H-pyrrole nitrogens is 1. The van der Waals surface area contributed by atoms with Crippen molar-refractivity contribution in [3.05, 3.63) is 92.6 Å². The van der Waals surface area contributed by atoms with Crippen molar-refractivity contribution in [1.82, 2.24) is 14.3 Å². The molecule has 2 aromatic carbocycles. The largest absolute Gasteiger partial charge is 0.421 e. The number of benzene rings is 2. The summed E-state index contributed by atoms with van der Waals surface area (Å²) in [6, 6.07) is 14.1. The normalized spacial score (nSPS) is 18.1. The average molecular weight is 480 g/mol. The van der Waals surface area contributed by atoms with E-state index >= 15 is 0 Å². The van der Waals surface area contributed by atoms with Gasteiger partial charge in [0.2, 0.25) is 15.6 Å². The van der Waals surface area contributed by atoms with Gasteiger partial charge in [0.1, 0.15) is 5.82 Å². The maximum atomic E-state index is 14.4. The van der Waals surface area contributed by atoms with E-state index in [4.69, 9.17) is 0 Å². The molecule has 1 aliphatic rings. The van der Waals surface area contributed by atoms with Gasteiger partial charge in [0, 0.05) is 0 Å². The zero-order valence-electron chi connectivity index (χ0n) is 16.5. The minimum atomic E-state index is -5.58. The van der Waals surface area contributed by atoms with Crippen LogP contribution in [0.15, 0.2) is 75.1 Å². The van der Waals surface area contributed by atoms with Gasteiger partial charge in [-0.1, -0.05) is 48.5 Å². The van der Waals surface area contributed by atoms with Gasteiger partial charge in [0.05, 0.1) is 17.0 Å². The van der Waals surface area contributed by atoms with E-state index in [1.807, 2.05) is 5.32 Å². The highest BCUT2D eigenvalue weighted by atomic mass is 32.2. The first-order chi connectivity index (χ1) is 15.5. The number of sulfonamides is 1. The van der Waals surface area contributed by atoms with E-state index in [-0.39, 0.29) is 6.54 Å². The highest BCUT2D eigenvalue weighted by Crippen LogP contribution is 2.45. The number of hydrogen-bond acceptors (Lipinski definition) is 5. The lowest BCUT2D eigenvalue weighted by Gasteiger charge is -2.29. The number of aromatic amines is 1. The first-order valence-corrected chi connectivity index (χ1v) is 10.8. The van der Waals surface area contributed by atoms with Gasteiger partial charge in [0.15, 0.2) is 0 Å². The molecule has 9 nitrogen and oxygen atoms in total. The first kappa shape index (κ1) is 22.5. The molecule has 0 unspecified atom stereocenters. The Morgan fingerprint density at radius 3 is 2.09 bits per heavy atom. The Balaban J connectivity index is 1.96. The average Bonchev–Trinajstić information content (AvgIpc) is 3.05. The summed E-state index contributed by atoms with van der Waals surface area (Å²) in [6.45, 7) is -0.293. The summed E-state index contributed by atoms with van der Waals surface area (Å²) in [6.07, 6.45) is -5.58. The summed E-state index contributed by atoms with van der Waals surface area (Å²) < 4.78 is 70.9. The summed E-state index contributed by atoms with van der Waals surface area (Å²) in [5.74, 6) is -2.60. The van der Waals surface area contributed by atoms with E-state index in [1.54, 1.807) is 35.3 Å². The highest BCUT2D eigenvalue weighted by Gasteiger charge is 2.69. The van der Waals surface area contributed by atoms with E-state index in [0.29, 0.717) is 5.56 Å². The molecule has 2 heterocycles. The lowest BCUT2D eigenvalue weighted by Crippen LogP contribution is -2.61. The van der Waals surface area contributed by atoms with Crippen LogP contribution in [0, 0.1) is 0 Å². The molecule has 172 valence electrons. The quantitative estimate of drug-likeness (QED) is 0.507. The van der Waals surface area contributed by atoms with Crippen molar-refractivity contribution >= 4 is 21.7 Å². The van der Waals surface area contributed by atoms with Crippen molar-refractivity contribution in [1.29, 1.82) is 0 Å². The number of amides is 1. The molecule has 0 bridgehead atoms. The van der Waals surface area contributed by atoms with Crippen LogP contribution in [0.2, 0.25) is 0 Å². The van der Waals surface area contributed by atoms with Crippen molar-refractivity contribution in [2.45, 2.75) is 23.2 Å². The molecule has 0 radical (unpaired) electrons. The number of alkyl halides is 3. The number of nitrogens with zero attached hydrogens (tertiary/aromatic N) is 1. The van der Waals surface area contributed by atoms with Gasteiger partial charge < -0.3 is 5.32 Å². The second-order valence-corrected chi connectivity index (χ2v) is 8.86. The number of carbonyl (C=O) groups is 1. The monoisotopic (exact) mass is 480 g/mol. The standard InChI is InChI=1S/C20H15F3N4O5S/c21-20(22,23)19(26-33(31,32)13-9-5-2-6-10-13)14-15(24-17(19)29)27(18(30)25-16(14)28)11-12-7-3-1-4-8-12/h1-10,26H,11H2,(H,24,29)(H,25,28,30)/t19-/m0/s1. The molecule has 1 aliphatic heterocycles. The predicted octanol–water partition coefficient (Wildman–Crippen LogP) is 1.27. The summed E-state index contributed by atoms with van der Waals surface area (Å²) in [5.41, 5.74) is -7.37. The Morgan fingerprint density at radius 2 is 1.52 bits per heavy atom. The Kier molecular flexibility index (Phi) is 5.25. The van der Waals surface area contributed by atoms with Gasteiger partial charge in [-0.2, -0.15) is 17.9 Å². The Bertz CT molecular complexity index is 1450. The molecule has 0 aliphatic carbocycles. The Morgan fingerprint density at radius 1 is 0.939 bits per heavy atom. The number of carbonyl (C=O) groups excluding carboxylic acids is 1. The number of hydrogen-bond donors (Lipinski definition) is 3. The van der Waals surface area contributed by atoms with E-state index < -0.39 is 55.2 Å². The third-order valence-corrected chi connectivity index (χ3v) is 6.56. The fraction of sp³-hybridized carbons (Fsp3) is 0.150. The van der Waals surface area contributed by atoms with Gasteiger partial charge in [-0.05, 0) is 17.7 Å². The summed E-state index contributed by atoms with van der Waals surface area (Å²) in [5, 5.41) is 1.90. The van der Waals surface area contributed by atoms with Crippen LogP contribution >= 0.6 is 0 Å². The summed E-state index contributed by atoms with van der Waals surface area (Å²) in [7, 11) is -4.93. The van der Waals surface area contributed by atoms with Gasteiger partial charge >= 0.3 is 11.9 Å². The predicted molar refractivity (Wildman–Crippen MR) is 110 cm³/mol. The van der Waals surface area contributed by atoms with Crippen molar-refractivity contribution in [3.8, 4) is 0 Å². The summed E-state index contributed by atoms with van der Waals surface area (Å²) >= 11 is 0. The minimum absolute atomic E-state index is 0.293. The van der Waals surface area contributed by atoms with Crippen LogP contribution in [0.1, 0.15) is 11.1 Å². The van der Waals surface area contributed by atoms with E-state index in [2.05, 4.69) is 0 Å². The number of fused-ring (bicyclic) bond motifs is 1. The molecule has 1 aromatic heterocycles. The van der Waals surface area contributed by atoms with E-state index in [0.717, 1.165) is 16.7 Å². The lowest BCUT2D eigenvalue weighted by atomic mass is 9.93. The van der Waals surface area contributed by atoms with Crippen molar-refractivity contribution < 1.29 is 26.4 Å². The fourth-order valence-electron chi connectivity index (χ4n) is 3.57. The second-order valence-electron chi connectivity index (χ2n) is 7.18. The second kappa shape index (κ2) is 7.71. The van der Waals surface area contributed by atoms with Crippen molar-refractivity contribution in [2.75, 3.05) is 5.32 Å². The van der Waals surface area contributed by atoms with Crippen LogP contribution in [0.3, 0.4) is 0 Å². The van der Waals surface area contributed by atoms with Crippen LogP contribution < -0.4 is 21.3 Å². The summed E-state index contributed by atoms with van der Waals surface area (Å²) in [4.78, 5) is 38.9. The van der Waals surface area contributed by atoms with Crippen molar-refractivity contribution in [2.24, 2.45) is 0 Å². The maximum absolute atomic E-state index is 14.4. The van der Waals surface area contributed by atoms with Crippen molar-refractivity contribution in [3.63, 3.8) is 0 Å². The van der Waals surface area contributed by atoms with Gasteiger partial charge in [-0.3, -0.25) is 19.1 Å².